The number of amides is 2. The molecule has 1 atom stereocenters. The number of hydrogen-bond acceptors (Lipinski definition) is 4. The molecule has 2 aliphatic heterocycles. The van der Waals surface area contributed by atoms with Crippen LogP contribution >= 0.6 is 0 Å². The Labute approximate surface area is 198 Å². The highest BCUT2D eigenvalue weighted by Crippen LogP contribution is 2.23. The molecule has 1 aromatic heterocycles. The highest BCUT2D eigenvalue weighted by molar-refractivity contribution is 5.95. The van der Waals surface area contributed by atoms with Gasteiger partial charge in [-0.2, -0.15) is 0 Å². The standard InChI is InChI=1S/C28H26N4O2/c33-27-19-31(17-20-9-10-22-5-1-2-6-23(22)13-20)28(34)26-18-30(11-12-32(26)27)16-21-14-24-7-3-4-8-25(24)29-15-21/h1-10,13-15,26H,11-12,16-19H2. The molecule has 0 aliphatic carbocycles. The van der Waals surface area contributed by atoms with E-state index in [1.807, 2.05) is 42.6 Å². The Balaban J connectivity index is 1.18. The maximum Gasteiger partial charge on any atom is 0.247 e. The molecular weight excluding hydrogens is 424 g/mol. The molecule has 0 spiro atoms. The summed E-state index contributed by atoms with van der Waals surface area (Å²) in [5, 5.41) is 3.43. The van der Waals surface area contributed by atoms with Gasteiger partial charge in [-0.3, -0.25) is 19.5 Å². The summed E-state index contributed by atoms with van der Waals surface area (Å²) in [5.74, 6) is 0.0755. The largest absolute Gasteiger partial charge is 0.327 e. The number of carbonyl (C=O) groups excluding carboxylic acids is 2. The van der Waals surface area contributed by atoms with Crippen molar-refractivity contribution in [2.45, 2.75) is 19.1 Å². The van der Waals surface area contributed by atoms with Crippen molar-refractivity contribution in [2.24, 2.45) is 0 Å². The van der Waals surface area contributed by atoms with Crippen LogP contribution in [0.2, 0.25) is 0 Å². The Morgan fingerprint density at radius 3 is 2.44 bits per heavy atom. The summed E-state index contributed by atoms with van der Waals surface area (Å²) in [6.45, 7) is 3.21. The molecule has 4 aromatic rings. The van der Waals surface area contributed by atoms with Crippen molar-refractivity contribution < 1.29 is 9.59 Å². The third-order valence-electron chi connectivity index (χ3n) is 6.95. The number of para-hydroxylation sites is 1. The number of pyridine rings is 1. The lowest BCUT2D eigenvalue weighted by molar-refractivity contribution is -0.160. The third-order valence-corrected chi connectivity index (χ3v) is 6.95. The molecule has 3 heterocycles. The lowest BCUT2D eigenvalue weighted by atomic mass is 10.0. The molecule has 170 valence electrons. The zero-order chi connectivity index (χ0) is 23.1. The molecule has 6 heteroatoms. The molecular formula is C28H26N4O2. The Morgan fingerprint density at radius 2 is 1.56 bits per heavy atom. The Bertz CT molecular complexity index is 1400. The van der Waals surface area contributed by atoms with Gasteiger partial charge in [0.05, 0.1) is 5.52 Å². The lowest BCUT2D eigenvalue weighted by Gasteiger charge is -2.46. The number of nitrogens with zero attached hydrogens (tertiary/aromatic N) is 4. The van der Waals surface area contributed by atoms with Crippen LogP contribution < -0.4 is 0 Å². The molecule has 0 saturated carbocycles. The second kappa shape index (κ2) is 8.54. The molecule has 2 amide bonds. The summed E-state index contributed by atoms with van der Waals surface area (Å²) in [6, 6.07) is 24.2. The number of fused-ring (bicyclic) bond motifs is 3. The Morgan fingerprint density at radius 1 is 0.794 bits per heavy atom. The van der Waals surface area contributed by atoms with E-state index in [1.165, 1.54) is 5.39 Å². The van der Waals surface area contributed by atoms with Gasteiger partial charge < -0.3 is 9.80 Å². The van der Waals surface area contributed by atoms with Crippen LogP contribution in [0, 0.1) is 0 Å². The Kier molecular flexibility index (Phi) is 5.23. The first-order chi connectivity index (χ1) is 16.6. The van der Waals surface area contributed by atoms with E-state index < -0.39 is 6.04 Å². The van der Waals surface area contributed by atoms with E-state index in [1.54, 1.807) is 9.80 Å². The first-order valence-electron chi connectivity index (χ1n) is 11.8. The van der Waals surface area contributed by atoms with E-state index >= 15 is 0 Å². The minimum absolute atomic E-state index is 0.0362. The number of hydrogen-bond donors (Lipinski definition) is 0. The molecule has 34 heavy (non-hydrogen) atoms. The maximum atomic E-state index is 13.4. The van der Waals surface area contributed by atoms with Crippen LogP contribution in [0.15, 0.2) is 79.0 Å². The van der Waals surface area contributed by atoms with Gasteiger partial charge in [-0.1, -0.05) is 54.6 Å². The molecule has 2 aliphatic rings. The van der Waals surface area contributed by atoms with E-state index in [2.05, 4.69) is 46.3 Å². The van der Waals surface area contributed by atoms with Gasteiger partial charge in [0.2, 0.25) is 11.8 Å². The second-order valence-corrected chi connectivity index (χ2v) is 9.25. The number of piperazine rings is 2. The quantitative estimate of drug-likeness (QED) is 0.478. The average molecular weight is 451 g/mol. The van der Waals surface area contributed by atoms with Gasteiger partial charge in [0.25, 0.3) is 0 Å². The fraction of sp³-hybridized carbons (Fsp3) is 0.250. The number of aromatic nitrogens is 1. The van der Waals surface area contributed by atoms with Gasteiger partial charge in [0.1, 0.15) is 12.6 Å². The number of rotatable bonds is 4. The van der Waals surface area contributed by atoms with Gasteiger partial charge in [0.15, 0.2) is 0 Å². The van der Waals surface area contributed by atoms with Gasteiger partial charge >= 0.3 is 0 Å². The van der Waals surface area contributed by atoms with Crippen molar-refractivity contribution in [3.63, 3.8) is 0 Å². The summed E-state index contributed by atoms with van der Waals surface area (Å²) in [4.78, 5) is 36.7. The van der Waals surface area contributed by atoms with Gasteiger partial charge in [0, 0.05) is 44.3 Å². The molecule has 3 aromatic carbocycles. The number of carbonyl (C=O) groups is 2. The van der Waals surface area contributed by atoms with E-state index in [0.29, 0.717) is 26.2 Å². The van der Waals surface area contributed by atoms with Crippen LogP contribution in [0.3, 0.4) is 0 Å². The molecule has 6 nitrogen and oxygen atoms in total. The van der Waals surface area contributed by atoms with E-state index in [0.717, 1.165) is 34.0 Å². The van der Waals surface area contributed by atoms with Crippen LogP contribution in [0.4, 0.5) is 0 Å². The minimum Gasteiger partial charge on any atom is -0.327 e. The predicted molar refractivity (Wildman–Crippen MR) is 132 cm³/mol. The van der Waals surface area contributed by atoms with Crippen LogP contribution in [-0.2, 0) is 22.7 Å². The molecule has 0 radical (unpaired) electrons. The summed E-state index contributed by atoms with van der Waals surface area (Å²) in [7, 11) is 0. The monoisotopic (exact) mass is 450 g/mol. The molecule has 0 bridgehead atoms. The fourth-order valence-corrected chi connectivity index (χ4v) is 5.19. The van der Waals surface area contributed by atoms with Gasteiger partial charge in [-0.25, -0.2) is 0 Å². The first kappa shape index (κ1) is 20.8. The third kappa shape index (κ3) is 3.90. The van der Waals surface area contributed by atoms with E-state index in [-0.39, 0.29) is 18.4 Å². The van der Waals surface area contributed by atoms with E-state index in [9.17, 15) is 9.59 Å². The van der Waals surface area contributed by atoms with Crippen LogP contribution in [-0.4, -0.2) is 63.7 Å². The van der Waals surface area contributed by atoms with Crippen LogP contribution in [0.25, 0.3) is 21.7 Å². The van der Waals surface area contributed by atoms with Gasteiger partial charge in [-0.05, 0) is 40.1 Å². The van der Waals surface area contributed by atoms with Crippen molar-refractivity contribution in [3.8, 4) is 0 Å². The maximum absolute atomic E-state index is 13.4. The van der Waals surface area contributed by atoms with Crippen molar-refractivity contribution in [2.75, 3.05) is 26.2 Å². The first-order valence-corrected chi connectivity index (χ1v) is 11.8. The smallest absolute Gasteiger partial charge is 0.247 e. The topological polar surface area (TPSA) is 56.8 Å². The summed E-state index contributed by atoms with van der Waals surface area (Å²) in [6.07, 6.45) is 1.91. The summed E-state index contributed by atoms with van der Waals surface area (Å²) >= 11 is 0. The molecule has 6 rings (SSSR count). The molecule has 2 saturated heterocycles. The molecule has 2 fully saturated rings. The van der Waals surface area contributed by atoms with E-state index in [4.69, 9.17) is 0 Å². The number of benzene rings is 3. The van der Waals surface area contributed by atoms with Crippen LogP contribution in [0.1, 0.15) is 11.1 Å². The zero-order valence-corrected chi connectivity index (χ0v) is 18.9. The molecule has 0 N–H and O–H groups in total. The highest BCUT2D eigenvalue weighted by Gasteiger charge is 2.42. The van der Waals surface area contributed by atoms with Crippen molar-refractivity contribution in [1.82, 2.24) is 19.7 Å². The molecule has 1 unspecified atom stereocenters. The fourth-order valence-electron chi connectivity index (χ4n) is 5.19. The van der Waals surface area contributed by atoms with Gasteiger partial charge in [-0.15, -0.1) is 0 Å². The predicted octanol–water partition coefficient (Wildman–Crippen LogP) is 3.44. The normalized spacial score (nSPS) is 19.1. The second-order valence-electron chi connectivity index (χ2n) is 9.25. The Hall–Kier alpha value is -3.77. The minimum atomic E-state index is -0.427. The zero-order valence-electron chi connectivity index (χ0n) is 18.9. The summed E-state index contributed by atoms with van der Waals surface area (Å²) in [5.41, 5.74) is 3.14. The SMILES string of the molecule is O=C1C2CN(Cc3cnc4ccccc4c3)CCN2C(=O)CN1Cc1ccc2ccccc2c1. The average Bonchev–Trinajstić information content (AvgIpc) is 2.87. The lowest BCUT2D eigenvalue weighted by Crippen LogP contribution is -2.66. The van der Waals surface area contributed by atoms with Crippen molar-refractivity contribution in [1.29, 1.82) is 0 Å². The highest BCUT2D eigenvalue weighted by atomic mass is 16.2. The van der Waals surface area contributed by atoms with Crippen molar-refractivity contribution >= 4 is 33.5 Å². The summed E-state index contributed by atoms with van der Waals surface area (Å²) < 4.78 is 0. The van der Waals surface area contributed by atoms with Crippen LogP contribution in [0.5, 0.6) is 0 Å². The van der Waals surface area contributed by atoms with Crippen molar-refractivity contribution in [3.05, 3.63) is 90.1 Å².